The van der Waals surface area contributed by atoms with Crippen molar-refractivity contribution in [2.24, 2.45) is 17.8 Å². The molecule has 0 spiro atoms. The standard InChI is InChI=1S/C20H26N4O2/c25-20(15-2-1-3-16-19(15)23-11-22-16)24-17-6-13-8-21-9-14(13)7-18(17)26-10-12-4-5-12/h1-3,11-14,17-18,21H,4-10H2,(H,22,23)(H,24,25)/t13-,14+,17-,18-/m0/s1. The van der Waals surface area contributed by atoms with E-state index in [1.165, 1.54) is 12.8 Å². The Labute approximate surface area is 153 Å². The maximum Gasteiger partial charge on any atom is 0.253 e. The molecular formula is C20H26N4O2. The molecule has 3 fully saturated rings. The van der Waals surface area contributed by atoms with Crippen LogP contribution in [-0.4, -0.2) is 47.7 Å². The van der Waals surface area contributed by atoms with Crippen LogP contribution in [0.25, 0.3) is 11.0 Å². The fraction of sp³-hybridized carbons (Fsp3) is 0.600. The van der Waals surface area contributed by atoms with Gasteiger partial charge in [-0.3, -0.25) is 4.79 Å². The Balaban J connectivity index is 1.33. The van der Waals surface area contributed by atoms with E-state index < -0.39 is 0 Å². The van der Waals surface area contributed by atoms with Gasteiger partial charge in [-0.25, -0.2) is 4.98 Å². The van der Waals surface area contributed by atoms with Crippen LogP contribution in [0.2, 0.25) is 0 Å². The predicted molar refractivity (Wildman–Crippen MR) is 98.9 cm³/mol. The molecule has 5 rings (SSSR count). The van der Waals surface area contributed by atoms with Gasteiger partial charge < -0.3 is 20.4 Å². The van der Waals surface area contributed by atoms with E-state index >= 15 is 0 Å². The van der Waals surface area contributed by atoms with Gasteiger partial charge in [-0.2, -0.15) is 0 Å². The van der Waals surface area contributed by atoms with Crippen LogP contribution in [0.4, 0.5) is 0 Å². The summed E-state index contributed by atoms with van der Waals surface area (Å²) in [5.74, 6) is 2.02. The molecular weight excluding hydrogens is 328 g/mol. The van der Waals surface area contributed by atoms with Gasteiger partial charge >= 0.3 is 0 Å². The van der Waals surface area contributed by atoms with Crippen molar-refractivity contribution < 1.29 is 9.53 Å². The van der Waals surface area contributed by atoms with Crippen molar-refractivity contribution in [1.82, 2.24) is 20.6 Å². The quantitative estimate of drug-likeness (QED) is 0.768. The zero-order valence-corrected chi connectivity index (χ0v) is 14.9. The fourth-order valence-electron chi connectivity index (χ4n) is 4.55. The number of para-hydroxylation sites is 1. The number of ether oxygens (including phenoxy) is 1. The molecule has 4 atom stereocenters. The summed E-state index contributed by atoms with van der Waals surface area (Å²) in [6, 6.07) is 5.77. The van der Waals surface area contributed by atoms with Gasteiger partial charge in [0.1, 0.15) is 5.52 Å². The highest BCUT2D eigenvalue weighted by Crippen LogP contribution is 2.36. The van der Waals surface area contributed by atoms with E-state index in [1.807, 2.05) is 18.2 Å². The number of carbonyl (C=O) groups is 1. The van der Waals surface area contributed by atoms with Crippen LogP contribution in [0.3, 0.4) is 0 Å². The number of imidazole rings is 1. The lowest BCUT2D eigenvalue weighted by atomic mass is 9.77. The number of carbonyl (C=O) groups excluding carboxylic acids is 1. The predicted octanol–water partition coefficient (Wildman–Crippen LogP) is 2.09. The third-order valence-corrected chi connectivity index (χ3v) is 6.27. The molecule has 0 radical (unpaired) electrons. The summed E-state index contributed by atoms with van der Waals surface area (Å²) in [6.07, 6.45) is 6.38. The Morgan fingerprint density at radius 2 is 2.08 bits per heavy atom. The van der Waals surface area contributed by atoms with E-state index in [9.17, 15) is 4.79 Å². The lowest BCUT2D eigenvalue weighted by molar-refractivity contribution is -0.0211. The lowest BCUT2D eigenvalue weighted by Crippen LogP contribution is -2.50. The number of nitrogens with one attached hydrogen (secondary N) is 3. The average Bonchev–Trinajstić information content (AvgIpc) is 3.15. The molecule has 138 valence electrons. The van der Waals surface area contributed by atoms with Crippen molar-refractivity contribution in [3.05, 3.63) is 30.1 Å². The highest BCUT2D eigenvalue weighted by molar-refractivity contribution is 6.04. The number of rotatable bonds is 5. The number of aromatic amines is 1. The molecule has 0 unspecified atom stereocenters. The first-order valence-corrected chi connectivity index (χ1v) is 9.83. The Morgan fingerprint density at radius 3 is 2.92 bits per heavy atom. The number of fused-ring (bicyclic) bond motifs is 2. The zero-order chi connectivity index (χ0) is 17.5. The van der Waals surface area contributed by atoms with Crippen molar-refractivity contribution >= 4 is 16.9 Å². The molecule has 2 saturated carbocycles. The molecule has 0 bridgehead atoms. The summed E-state index contributed by atoms with van der Waals surface area (Å²) < 4.78 is 6.27. The van der Waals surface area contributed by atoms with Crippen molar-refractivity contribution in [1.29, 1.82) is 0 Å². The van der Waals surface area contributed by atoms with Crippen LogP contribution in [0, 0.1) is 17.8 Å². The molecule has 1 saturated heterocycles. The molecule has 1 aliphatic heterocycles. The monoisotopic (exact) mass is 354 g/mol. The van der Waals surface area contributed by atoms with Gasteiger partial charge in [0.25, 0.3) is 5.91 Å². The SMILES string of the molecule is O=C(N[C@H]1C[C@H]2CNC[C@H]2C[C@@H]1OCC1CC1)c1cccc2[nH]cnc12. The van der Waals surface area contributed by atoms with Crippen molar-refractivity contribution in [3.8, 4) is 0 Å². The number of benzene rings is 1. The number of amides is 1. The van der Waals surface area contributed by atoms with E-state index in [1.54, 1.807) is 6.33 Å². The normalized spacial score (nSPS) is 31.1. The van der Waals surface area contributed by atoms with Crippen LogP contribution in [0.1, 0.15) is 36.0 Å². The molecule has 26 heavy (non-hydrogen) atoms. The third kappa shape index (κ3) is 3.12. The Hall–Kier alpha value is -1.92. The van der Waals surface area contributed by atoms with Crippen LogP contribution in [0.15, 0.2) is 24.5 Å². The van der Waals surface area contributed by atoms with E-state index in [2.05, 4.69) is 20.6 Å². The highest BCUT2D eigenvalue weighted by Gasteiger charge is 2.41. The zero-order valence-electron chi connectivity index (χ0n) is 14.9. The molecule has 6 heteroatoms. The maximum absolute atomic E-state index is 13.0. The second-order valence-corrected chi connectivity index (χ2v) is 8.15. The summed E-state index contributed by atoms with van der Waals surface area (Å²) in [5, 5.41) is 6.78. The molecule has 1 aromatic carbocycles. The van der Waals surface area contributed by atoms with Gasteiger partial charge in [-0.05, 0) is 68.7 Å². The highest BCUT2D eigenvalue weighted by atomic mass is 16.5. The molecule has 2 heterocycles. The largest absolute Gasteiger partial charge is 0.376 e. The minimum absolute atomic E-state index is 0.0443. The number of nitrogens with zero attached hydrogens (tertiary/aromatic N) is 1. The topological polar surface area (TPSA) is 79.0 Å². The van der Waals surface area contributed by atoms with E-state index in [-0.39, 0.29) is 18.1 Å². The number of aromatic nitrogens is 2. The summed E-state index contributed by atoms with van der Waals surface area (Å²) in [5.41, 5.74) is 2.26. The van der Waals surface area contributed by atoms with Crippen LogP contribution in [0.5, 0.6) is 0 Å². The Bertz CT molecular complexity index is 800. The van der Waals surface area contributed by atoms with Gasteiger partial charge in [0.2, 0.25) is 0 Å². The van der Waals surface area contributed by atoms with Gasteiger partial charge in [0, 0.05) is 6.61 Å². The molecule has 3 aliphatic rings. The number of H-pyrrole nitrogens is 1. The van der Waals surface area contributed by atoms with Crippen LogP contribution < -0.4 is 10.6 Å². The van der Waals surface area contributed by atoms with Gasteiger partial charge in [-0.15, -0.1) is 0 Å². The van der Waals surface area contributed by atoms with Crippen molar-refractivity contribution in [2.75, 3.05) is 19.7 Å². The first-order valence-electron chi connectivity index (χ1n) is 9.83. The van der Waals surface area contributed by atoms with E-state index in [0.29, 0.717) is 17.4 Å². The minimum atomic E-state index is -0.0443. The second-order valence-electron chi connectivity index (χ2n) is 8.15. The van der Waals surface area contributed by atoms with Crippen molar-refractivity contribution in [2.45, 2.75) is 37.8 Å². The molecule has 3 N–H and O–H groups in total. The summed E-state index contributed by atoms with van der Waals surface area (Å²) >= 11 is 0. The van der Waals surface area contributed by atoms with Crippen LogP contribution in [-0.2, 0) is 4.74 Å². The minimum Gasteiger partial charge on any atom is -0.376 e. The van der Waals surface area contributed by atoms with Gasteiger partial charge in [-0.1, -0.05) is 6.07 Å². The Kier molecular flexibility index (Phi) is 4.17. The number of hydrogen-bond donors (Lipinski definition) is 3. The maximum atomic E-state index is 13.0. The average molecular weight is 354 g/mol. The summed E-state index contributed by atoms with van der Waals surface area (Å²) in [7, 11) is 0. The van der Waals surface area contributed by atoms with Crippen molar-refractivity contribution in [3.63, 3.8) is 0 Å². The second kappa shape index (κ2) is 6.67. The summed E-state index contributed by atoms with van der Waals surface area (Å²) in [4.78, 5) is 20.4. The lowest BCUT2D eigenvalue weighted by Gasteiger charge is -2.38. The molecule has 2 aromatic rings. The summed E-state index contributed by atoms with van der Waals surface area (Å²) in [6.45, 7) is 2.99. The van der Waals surface area contributed by atoms with E-state index in [4.69, 9.17) is 4.74 Å². The fourth-order valence-corrected chi connectivity index (χ4v) is 4.55. The first-order chi connectivity index (χ1) is 12.8. The molecule has 1 amide bonds. The first kappa shape index (κ1) is 16.3. The number of hydrogen-bond acceptors (Lipinski definition) is 4. The van der Waals surface area contributed by atoms with Gasteiger partial charge in [0.15, 0.2) is 0 Å². The molecule has 6 nitrogen and oxygen atoms in total. The van der Waals surface area contributed by atoms with Gasteiger partial charge in [0.05, 0.1) is 29.6 Å². The Morgan fingerprint density at radius 1 is 1.23 bits per heavy atom. The molecule has 1 aromatic heterocycles. The van der Waals surface area contributed by atoms with E-state index in [0.717, 1.165) is 49.5 Å². The van der Waals surface area contributed by atoms with Crippen LogP contribution >= 0.6 is 0 Å². The smallest absolute Gasteiger partial charge is 0.253 e. The third-order valence-electron chi connectivity index (χ3n) is 6.27. The molecule has 2 aliphatic carbocycles.